The molecule has 5 rings (SSSR count). The van der Waals surface area contributed by atoms with E-state index in [1.807, 2.05) is 60.8 Å². The first-order valence-corrected chi connectivity index (χ1v) is 15.8. The number of fused-ring (bicyclic) bond motifs is 3. The van der Waals surface area contributed by atoms with Crippen molar-refractivity contribution in [2.24, 2.45) is 16.7 Å². The second-order valence-electron chi connectivity index (χ2n) is 13.5. The van der Waals surface area contributed by atoms with E-state index in [1.54, 1.807) is 6.92 Å². The smallest absolute Gasteiger partial charge is 0.408 e. The number of aromatic amines is 1. The summed E-state index contributed by atoms with van der Waals surface area (Å²) in [5, 5.41) is 18.6. The van der Waals surface area contributed by atoms with Crippen LogP contribution in [0.3, 0.4) is 0 Å². The SMILES string of the molecule is CC1(C)C2CCC1(COC(=O)N[C@](C)(Cc1c[nH]c3ccccc13)C(=O)NC[C@@H](NC(=O)CCC(=O)O)c1ccccc1)CC2. The number of alkyl carbamates (subject to hydrolysis) is 1. The number of aliphatic carboxylic acids is 1. The fourth-order valence-electron chi connectivity index (χ4n) is 7.42. The van der Waals surface area contributed by atoms with Gasteiger partial charge >= 0.3 is 12.1 Å². The molecule has 1 aromatic heterocycles. The molecule has 10 heteroatoms. The fraction of sp³-hybridized carbons (Fsp3) is 0.486. The maximum Gasteiger partial charge on any atom is 0.408 e. The van der Waals surface area contributed by atoms with E-state index in [1.165, 1.54) is 0 Å². The van der Waals surface area contributed by atoms with Gasteiger partial charge in [0.25, 0.3) is 0 Å². The molecule has 2 aliphatic carbocycles. The molecule has 2 fully saturated rings. The standard InChI is InChI=1S/C35H44N4O6/c1-33(2)25-15-17-35(33,18-16-25)22-45-32(44)39-34(3,19-24-20-36-27-12-8-7-11-26(24)27)31(43)37-21-28(23-9-5-4-6-10-23)38-29(40)13-14-30(41)42/h4-12,20,25,28,36H,13-19,21-22H2,1-3H3,(H,37,43)(H,38,40)(H,39,44)(H,41,42)/t25?,28-,34-,35?/m1/s1. The summed E-state index contributed by atoms with van der Waals surface area (Å²) in [4.78, 5) is 54.2. The molecule has 2 aromatic carbocycles. The van der Waals surface area contributed by atoms with E-state index < -0.39 is 35.5 Å². The van der Waals surface area contributed by atoms with Gasteiger partial charge in [-0.1, -0.05) is 62.4 Å². The van der Waals surface area contributed by atoms with Crippen LogP contribution in [0.5, 0.6) is 0 Å². The zero-order valence-electron chi connectivity index (χ0n) is 26.3. The van der Waals surface area contributed by atoms with E-state index >= 15 is 0 Å². The number of amides is 3. The third-order valence-electron chi connectivity index (χ3n) is 10.5. The third-order valence-corrected chi connectivity index (χ3v) is 10.5. The minimum absolute atomic E-state index is 0.0283. The predicted octanol–water partition coefficient (Wildman–Crippen LogP) is 5.25. The van der Waals surface area contributed by atoms with Crippen LogP contribution in [0.25, 0.3) is 10.9 Å². The first kappa shape index (κ1) is 32.1. The Hall–Kier alpha value is -4.34. The van der Waals surface area contributed by atoms with Crippen molar-refractivity contribution in [1.82, 2.24) is 20.9 Å². The van der Waals surface area contributed by atoms with Crippen LogP contribution in [-0.2, 0) is 25.5 Å². The molecule has 3 aromatic rings. The van der Waals surface area contributed by atoms with Crippen LogP contribution in [0.4, 0.5) is 4.79 Å². The number of ether oxygens (including phenoxy) is 1. The minimum atomic E-state index is -1.39. The number of carboxylic acids is 1. The zero-order valence-corrected chi connectivity index (χ0v) is 26.3. The maximum absolute atomic E-state index is 14.0. The van der Waals surface area contributed by atoms with Gasteiger partial charge in [0, 0.05) is 41.9 Å². The van der Waals surface area contributed by atoms with Crippen LogP contribution in [0.1, 0.15) is 76.5 Å². The van der Waals surface area contributed by atoms with Crippen molar-refractivity contribution < 1.29 is 29.0 Å². The van der Waals surface area contributed by atoms with Gasteiger partial charge in [-0.15, -0.1) is 0 Å². The molecule has 2 atom stereocenters. The molecule has 240 valence electrons. The Morgan fingerprint density at radius 2 is 1.71 bits per heavy atom. The quantitative estimate of drug-likeness (QED) is 0.177. The number of aromatic nitrogens is 1. The number of para-hydroxylation sites is 1. The Bertz CT molecular complexity index is 1540. The van der Waals surface area contributed by atoms with Crippen molar-refractivity contribution in [3.05, 3.63) is 71.9 Å². The molecular formula is C35H44N4O6. The van der Waals surface area contributed by atoms with E-state index in [0.717, 1.165) is 47.7 Å². The third kappa shape index (κ3) is 6.84. The van der Waals surface area contributed by atoms with E-state index in [2.05, 4.69) is 34.8 Å². The number of carboxylic acid groups (broad SMARTS) is 1. The molecule has 0 radical (unpaired) electrons. The summed E-state index contributed by atoms with van der Waals surface area (Å²) in [6, 6.07) is 16.3. The highest BCUT2D eigenvalue weighted by molar-refractivity contribution is 5.91. The Morgan fingerprint density at radius 1 is 1.02 bits per heavy atom. The molecule has 3 amide bonds. The highest BCUT2D eigenvalue weighted by Gasteiger charge is 2.59. The van der Waals surface area contributed by atoms with E-state index in [4.69, 9.17) is 9.84 Å². The van der Waals surface area contributed by atoms with Crippen molar-refractivity contribution in [2.45, 2.75) is 77.3 Å². The Morgan fingerprint density at radius 3 is 2.38 bits per heavy atom. The highest BCUT2D eigenvalue weighted by Crippen LogP contribution is 2.65. The van der Waals surface area contributed by atoms with Gasteiger partial charge in [-0.3, -0.25) is 14.4 Å². The Balaban J connectivity index is 1.33. The summed E-state index contributed by atoms with van der Waals surface area (Å²) in [6.07, 6.45) is 5.27. The number of hydrogen-bond donors (Lipinski definition) is 5. The van der Waals surface area contributed by atoms with Crippen LogP contribution >= 0.6 is 0 Å². The van der Waals surface area contributed by atoms with Gasteiger partial charge in [-0.25, -0.2) is 4.79 Å². The first-order valence-electron chi connectivity index (χ1n) is 15.8. The van der Waals surface area contributed by atoms with Crippen LogP contribution in [-0.4, -0.2) is 52.7 Å². The lowest BCUT2D eigenvalue weighted by Gasteiger charge is -2.38. The van der Waals surface area contributed by atoms with Gasteiger partial charge in [0.2, 0.25) is 11.8 Å². The molecule has 0 spiro atoms. The lowest BCUT2D eigenvalue weighted by molar-refractivity contribution is -0.138. The van der Waals surface area contributed by atoms with Crippen molar-refractivity contribution >= 4 is 34.8 Å². The topological polar surface area (TPSA) is 150 Å². The molecule has 2 aliphatic rings. The van der Waals surface area contributed by atoms with E-state index in [0.29, 0.717) is 12.5 Å². The van der Waals surface area contributed by atoms with Crippen LogP contribution in [0, 0.1) is 16.7 Å². The van der Waals surface area contributed by atoms with Crippen molar-refractivity contribution in [3.63, 3.8) is 0 Å². The predicted molar refractivity (Wildman–Crippen MR) is 170 cm³/mol. The molecule has 45 heavy (non-hydrogen) atoms. The first-order chi connectivity index (χ1) is 21.4. The second kappa shape index (κ2) is 12.9. The molecule has 10 nitrogen and oxygen atoms in total. The normalized spacial score (nSPS) is 21.9. The number of hydrogen-bond acceptors (Lipinski definition) is 5. The molecule has 0 unspecified atom stereocenters. The number of carbonyl (C=O) groups is 4. The van der Waals surface area contributed by atoms with Crippen molar-refractivity contribution in [3.8, 4) is 0 Å². The van der Waals surface area contributed by atoms with Crippen LogP contribution in [0.15, 0.2) is 60.8 Å². The number of rotatable bonds is 13. The number of benzene rings is 2. The number of H-pyrrole nitrogens is 1. The van der Waals surface area contributed by atoms with Crippen molar-refractivity contribution in [1.29, 1.82) is 0 Å². The molecule has 5 N–H and O–H groups in total. The lowest BCUT2D eigenvalue weighted by atomic mass is 9.70. The lowest BCUT2D eigenvalue weighted by Crippen LogP contribution is -2.59. The summed E-state index contributed by atoms with van der Waals surface area (Å²) in [6.45, 7) is 6.57. The molecule has 1 heterocycles. The zero-order chi connectivity index (χ0) is 32.2. The molecular weight excluding hydrogens is 572 g/mol. The van der Waals surface area contributed by atoms with Gasteiger partial charge in [0.15, 0.2) is 0 Å². The molecule has 2 saturated carbocycles. The monoisotopic (exact) mass is 616 g/mol. The van der Waals surface area contributed by atoms with E-state index in [-0.39, 0.29) is 36.6 Å². The fourth-order valence-corrected chi connectivity index (χ4v) is 7.42. The van der Waals surface area contributed by atoms with Gasteiger partial charge in [-0.05, 0) is 61.1 Å². The highest BCUT2D eigenvalue weighted by atomic mass is 16.5. The van der Waals surface area contributed by atoms with Crippen LogP contribution in [0.2, 0.25) is 0 Å². The van der Waals surface area contributed by atoms with Gasteiger partial charge in [0.05, 0.1) is 19.1 Å². The molecule has 0 aliphatic heterocycles. The van der Waals surface area contributed by atoms with E-state index in [9.17, 15) is 19.2 Å². The minimum Gasteiger partial charge on any atom is -0.481 e. The summed E-state index contributed by atoms with van der Waals surface area (Å²) in [5.41, 5.74) is 1.19. The van der Waals surface area contributed by atoms with Gasteiger partial charge in [0.1, 0.15) is 5.54 Å². The largest absolute Gasteiger partial charge is 0.481 e. The summed E-state index contributed by atoms with van der Waals surface area (Å²) < 4.78 is 5.89. The summed E-state index contributed by atoms with van der Waals surface area (Å²) in [5.74, 6) is -1.30. The van der Waals surface area contributed by atoms with Crippen LogP contribution < -0.4 is 16.0 Å². The average Bonchev–Trinajstić information content (AvgIpc) is 3.62. The van der Waals surface area contributed by atoms with Gasteiger partial charge < -0.3 is 30.8 Å². The summed E-state index contributed by atoms with van der Waals surface area (Å²) >= 11 is 0. The second-order valence-corrected chi connectivity index (χ2v) is 13.5. The molecule has 2 bridgehead atoms. The molecule has 0 saturated heterocycles. The Labute approximate surface area is 263 Å². The van der Waals surface area contributed by atoms with Crippen molar-refractivity contribution in [2.75, 3.05) is 13.2 Å². The maximum atomic E-state index is 14.0. The summed E-state index contributed by atoms with van der Waals surface area (Å²) in [7, 11) is 0. The number of nitrogens with one attached hydrogen (secondary N) is 4. The average molecular weight is 617 g/mol. The Kier molecular flexibility index (Phi) is 9.23. The van der Waals surface area contributed by atoms with Gasteiger partial charge in [-0.2, -0.15) is 0 Å². The number of carbonyl (C=O) groups excluding carboxylic acids is 3.